The summed E-state index contributed by atoms with van der Waals surface area (Å²) >= 11 is 2.15. The molecule has 2 aliphatic heterocycles. The van der Waals surface area contributed by atoms with Crippen LogP contribution in [-0.4, -0.2) is 30.5 Å². The average molecular weight is 174 g/mol. The van der Waals surface area contributed by atoms with E-state index in [1.807, 2.05) is 0 Å². The lowest BCUT2D eigenvalue weighted by Crippen LogP contribution is -2.39. The van der Waals surface area contributed by atoms with E-state index in [9.17, 15) is 0 Å². The van der Waals surface area contributed by atoms with Gasteiger partial charge in [-0.3, -0.25) is 0 Å². The van der Waals surface area contributed by atoms with Crippen LogP contribution in [0.5, 0.6) is 0 Å². The summed E-state index contributed by atoms with van der Waals surface area (Å²) in [4.78, 5) is 0. The van der Waals surface area contributed by atoms with Crippen molar-refractivity contribution in [3.63, 3.8) is 0 Å². The molecule has 0 saturated carbocycles. The highest BCUT2D eigenvalue weighted by Crippen LogP contribution is 2.53. The average Bonchev–Trinajstić information content (AvgIpc) is 1.86. The normalized spacial score (nSPS) is 32.1. The molecule has 0 N–H and O–H groups in total. The first-order valence-corrected chi connectivity index (χ1v) is 7.39. The van der Waals surface area contributed by atoms with Crippen molar-refractivity contribution >= 4 is 19.7 Å². The molecule has 2 rings (SSSR count). The summed E-state index contributed by atoms with van der Waals surface area (Å²) in [5.74, 6) is 2.96. The molecular formula is C8H15PS. The highest BCUT2D eigenvalue weighted by atomic mass is 32.2. The minimum absolute atomic E-state index is 0.469. The number of thioether (sulfide) groups is 1. The molecule has 0 aromatic rings. The fourth-order valence-electron chi connectivity index (χ4n) is 1.77. The van der Waals surface area contributed by atoms with Gasteiger partial charge in [-0.1, -0.05) is 0 Å². The van der Waals surface area contributed by atoms with Crippen LogP contribution in [0.4, 0.5) is 0 Å². The molecule has 0 radical (unpaired) electrons. The van der Waals surface area contributed by atoms with E-state index in [0.717, 1.165) is 5.41 Å². The van der Waals surface area contributed by atoms with E-state index in [1.165, 1.54) is 11.5 Å². The molecule has 58 valence electrons. The third kappa shape index (κ3) is 1.23. The number of hydrogen-bond acceptors (Lipinski definition) is 1. The van der Waals surface area contributed by atoms with E-state index in [2.05, 4.69) is 18.4 Å². The van der Waals surface area contributed by atoms with E-state index >= 15 is 0 Å². The first kappa shape index (κ1) is 7.43. The van der Waals surface area contributed by atoms with E-state index in [0.29, 0.717) is 7.92 Å². The molecule has 10 heavy (non-hydrogen) atoms. The van der Waals surface area contributed by atoms with Gasteiger partial charge in [0, 0.05) is 0 Å². The lowest BCUT2D eigenvalue weighted by Gasteiger charge is -2.45. The van der Waals surface area contributed by atoms with Crippen molar-refractivity contribution in [2.24, 2.45) is 5.41 Å². The zero-order valence-corrected chi connectivity index (χ0v) is 8.31. The highest BCUT2D eigenvalue weighted by molar-refractivity contribution is 8.00. The fourth-order valence-corrected chi connectivity index (χ4v) is 5.07. The Morgan fingerprint density at radius 1 is 1.20 bits per heavy atom. The molecule has 2 heteroatoms. The molecule has 2 fully saturated rings. The molecule has 0 amide bonds. The van der Waals surface area contributed by atoms with E-state index in [4.69, 9.17) is 0 Å². The number of hydrogen-bond donors (Lipinski definition) is 0. The minimum Gasteiger partial charge on any atom is -0.161 e. The second kappa shape index (κ2) is 2.68. The predicted octanol–water partition coefficient (Wildman–Crippen LogP) is 2.63. The summed E-state index contributed by atoms with van der Waals surface area (Å²) in [5.41, 5.74) is 0.861. The summed E-state index contributed by atoms with van der Waals surface area (Å²) in [6.07, 6.45) is 6.25. The van der Waals surface area contributed by atoms with Crippen LogP contribution in [0.3, 0.4) is 0 Å². The second-order valence-corrected chi connectivity index (χ2v) is 7.39. The van der Waals surface area contributed by atoms with Gasteiger partial charge >= 0.3 is 0 Å². The van der Waals surface area contributed by atoms with Crippen molar-refractivity contribution in [1.82, 2.24) is 0 Å². The van der Waals surface area contributed by atoms with Crippen LogP contribution in [0, 0.1) is 5.41 Å². The van der Waals surface area contributed by atoms with Gasteiger partial charge in [0.1, 0.15) is 0 Å². The Kier molecular flexibility index (Phi) is 1.99. The maximum Gasteiger partial charge on any atom is -0.000244 e. The minimum atomic E-state index is 0.469. The first-order chi connectivity index (χ1) is 4.81. The standard InChI is InChI=1S/C8H15PS/c1-9-4-2-8(3-5-9)6-10-7-8/h2-7H2,1H3. The molecule has 0 aromatic carbocycles. The zero-order valence-electron chi connectivity index (χ0n) is 6.60. The van der Waals surface area contributed by atoms with Gasteiger partial charge in [0.2, 0.25) is 0 Å². The zero-order chi connectivity index (χ0) is 7.03. The first-order valence-electron chi connectivity index (χ1n) is 4.07. The topological polar surface area (TPSA) is 0 Å². The van der Waals surface area contributed by atoms with Crippen LogP contribution in [0.15, 0.2) is 0 Å². The van der Waals surface area contributed by atoms with Gasteiger partial charge < -0.3 is 0 Å². The Morgan fingerprint density at radius 3 is 2.20 bits per heavy atom. The van der Waals surface area contributed by atoms with Gasteiger partial charge in [0.15, 0.2) is 0 Å². The third-order valence-electron chi connectivity index (χ3n) is 2.86. The van der Waals surface area contributed by atoms with Crippen LogP contribution in [0.25, 0.3) is 0 Å². The van der Waals surface area contributed by atoms with Crippen LogP contribution in [0.1, 0.15) is 12.8 Å². The van der Waals surface area contributed by atoms with Crippen LogP contribution < -0.4 is 0 Å². The maximum absolute atomic E-state index is 2.47. The van der Waals surface area contributed by atoms with E-state index < -0.39 is 0 Å². The molecule has 0 aliphatic carbocycles. The van der Waals surface area contributed by atoms with Gasteiger partial charge in [-0.2, -0.15) is 11.8 Å². The smallest absolute Gasteiger partial charge is 0.000244 e. The van der Waals surface area contributed by atoms with Crippen LogP contribution >= 0.6 is 19.7 Å². The molecule has 1 spiro atoms. The summed E-state index contributed by atoms with van der Waals surface area (Å²) in [7, 11) is 0.469. The number of rotatable bonds is 0. The molecule has 0 atom stereocenters. The van der Waals surface area contributed by atoms with Gasteiger partial charge in [-0.05, 0) is 48.8 Å². The monoisotopic (exact) mass is 174 g/mol. The quantitative estimate of drug-likeness (QED) is 0.509. The Labute approximate surface area is 68.9 Å². The van der Waals surface area contributed by atoms with Gasteiger partial charge in [-0.25, -0.2) is 0 Å². The largest absolute Gasteiger partial charge is 0.161 e. The Bertz CT molecular complexity index is 121. The Balaban J connectivity index is 1.90. The molecule has 0 aromatic heterocycles. The molecule has 0 unspecified atom stereocenters. The van der Waals surface area contributed by atoms with Crippen molar-refractivity contribution in [3.05, 3.63) is 0 Å². The van der Waals surface area contributed by atoms with Crippen LogP contribution in [-0.2, 0) is 0 Å². The summed E-state index contributed by atoms with van der Waals surface area (Å²) in [6.45, 7) is 2.47. The molecule has 2 aliphatic rings. The lowest BCUT2D eigenvalue weighted by atomic mass is 9.85. The molecule has 0 bridgehead atoms. The van der Waals surface area contributed by atoms with Crippen molar-refractivity contribution in [1.29, 1.82) is 0 Å². The van der Waals surface area contributed by atoms with Gasteiger partial charge in [0.05, 0.1) is 0 Å². The molecule has 0 nitrogen and oxygen atoms in total. The molecule has 2 heterocycles. The van der Waals surface area contributed by atoms with Crippen molar-refractivity contribution in [2.45, 2.75) is 12.8 Å². The van der Waals surface area contributed by atoms with Crippen LogP contribution in [0.2, 0.25) is 0 Å². The lowest BCUT2D eigenvalue weighted by molar-refractivity contribution is 0.328. The van der Waals surface area contributed by atoms with Gasteiger partial charge in [-0.15, -0.1) is 7.92 Å². The van der Waals surface area contributed by atoms with Crippen molar-refractivity contribution < 1.29 is 0 Å². The predicted molar refractivity (Wildman–Crippen MR) is 51.6 cm³/mol. The third-order valence-corrected chi connectivity index (χ3v) is 6.47. The fraction of sp³-hybridized carbons (Fsp3) is 1.00. The van der Waals surface area contributed by atoms with Crippen molar-refractivity contribution in [2.75, 3.05) is 30.5 Å². The molecular weight excluding hydrogens is 159 g/mol. The highest BCUT2D eigenvalue weighted by Gasteiger charge is 2.39. The van der Waals surface area contributed by atoms with E-state index in [1.54, 1.807) is 25.2 Å². The maximum atomic E-state index is 2.47. The van der Waals surface area contributed by atoms with Gasteiger partial charge in [0.25, 0.3) is 0 Å². The summed E-state index contributed by atoms with van der Waals surface area (Å²) < 4.78 is 0. The van der Waals surface area contributed by atoms with Crippen molar-refractivity contribution in [3.8, 4) is 0 Å². The summed E-state index contributed by atoms with van der Waals surface area (Å²) in [6, 6.07) is 0. The Morgan fingerprint density at radius 2 is 1.80 bits per heavy atom. The second-order valence-electron chi connectivity index (χ2n) is 3.80. The molecule has 2 saturated heterocycles. The summed E-state index contributed by atoms with van der Waals surface area (Å²) in [5, 5.41) is 0. The Hall–Kier alpha value is 0.780. The SMILES string of the molecule is CP1CCC2(CC1)CSC2. The van der Waals surface area contributed by atoms with E-state index in [-0.39, 0.29) is 0 Å².